The highest BCUT2D eigenvalue weighted by Gasteiger charge is 2.06. The normalized spacial score (nSPS) is 10.6. The molecule has 4 heteroatoms. The van der Waals surface area contributed by atoms with Gasteiger partial charge in [-0.15, -0.1) is 0 Å². The molecule has 0 aromatic heterocycles. The van der Waals surface area contributed by atoms with E-state index in [9.17, 15) is 0 Å². The van der Waals surface area contributed by atoms with Crippen molar-refractivity contribution in [3.8, 4) is 5.75 Å². The van der Waals surface area contributed by atoms with E-state index in [-0.39, 0.29) is 6.29 Å². The molecule has 0 saturated carbocycles. The monoisotopic (exact) mass is 239 g/mol. The van der Waals surface area contributed by atoms with E-state index in [1.54, 1.807) is 14.2 Å². The van der Waals surface area contributed by atoms with Crippen LogP contribution in [-0.4, -0.2) is 33.7 Å². The van der Waals surface area contributed by atoms with Gasteiger partial charge in [-0.25, -0.2) is 0 Å². The Hall–Kier alpha value is -1.26. The number of anilines is 1. The summed E-state index contributed by atoms with van der Waals surface area (Å²) in [5, 5.41) is 3.28. The van der Waals surface area contributed by atoms with Crippen LogP contribution in [-0.2, 0) is 9.47 Å². The molecule has 0 fully saturated rings. The fourth-order valence-corrected chi connectivity index (χ4v) is 1.55. The third-order valence-electron chi connectivity index (χ3n) is 2.49. The summed E-state index contributed by atoms with van der Waals surface area (Å²) in [7, 11) is 3.25. The Balaban J connectivity index is 2.59. The number of hydrogen-bond acceptors (Lipinski definition) is 4. The van der Waals surface area contributed by atoms with Crippen LogP contribution >= 0.6 is 0 Å². The lowest BCUT2D eigenvalue weighted by Gasteiger charge is -2.16. The first-order valence-electron chi connectivity index (χ1n) is 5.74. The highest BCUT2D eigenvalue weighted by molar-refractivity contribution is 5.53. The van der Waals surface area contributed by atoms with Crippen LogP contribution in [0.3, 0.4) is 0 Å². The first-order valence-corrected chi connectivity index (χ1v) is 5.74. The second-order valence-corrected chi connectivity index (χ2v) is 3.69. The van der Waals surface area contributed by atoms with Crippen LogP contribution in [0, 0.1) is 6.92 Å². The van der Waals surface area contributed by atoms with Crippen molar-refractivity contribution in [3.05, 3.63) is 23.8 Å². The summed E-state index contributed by atoms with van der Waals surface area (Å²) >= 11 is 0. The largest absolute Gasteiger partial charge is 0.494 e. The molecule has 1 aromatic carbocycles. The Labute approximate surface area is 103 Å². The molecule has 1 N–H and O–H groups in total. The molecular weight excluding hydrogens is 218 g/mol. The van der Waals surface area contributed by atoms with Gasteiger partial charge in [0.2, 0.25) is 0 Å². The summed E-state index contributed by atoms with van der Waals surface area (Å²) in [6.45, 7) is 5.31. The van der Waals surface area contributed by atoms with Crippen molar-refractivity contribution in [3.63, 3.8) is 0 Å². The molecule has 4 nitrogen and oxygen atoms in total. The third-order valence-corrected chi connectivity index (χ3v) is 2.49. The lowest BCUT2D eigenvalue weighted by molar-refractivity contribution is -0.0914. The van der Waals surface area contributed by atoms with Crippen molar-refractivity contribution in [1.82, 2.24) is 0 Å². The lowest BCUT2D eigenvalue weighted by Crippen LogP contribution is -2.23. The van der Waals surface area contributed by atoms with E-state index in [0.29, 0.717) is 13.2 Å². The Morgan fingerprint density at radius 2 is 1.94 bits per heavy atom. The van der Waals surface area contributed by atoms with Crippen molar-refractivity contribution >= 4 is 5.69 Å². The molecule has 17 heavy (non-hydrogen) atoms. The third kappa shape index (κ3) is 4.24. The molecule has 0 atom stereocenters. The molecule has 0 radical (unpaired) electrons. The van der Waals surface area contributed by atoms with E-state index >= 15 is 0 Å². The zero-order valence-electron chi connectivity index (χ0n) is 10.9. The summed E-state index contributed by atoms with van der Waals surface area (Å²) in [5.74, 6) is 0.894. The van der Waals surface area contributed by atoms with E-state index < -0.39 is 0 Å². The van der Waals surface area contributed by atoms with Gasteiger partial charge in [0.25, 0.3) is 0 Å². The number of rotatable bonds is 7. The summed E-state index contributed by atoms with van der Waals surface area (Å²) < 4.78 is 15.7. The topological polar surface area (TPSA) is 39.7 Å². The molecule has 0 saturated heterocycles. The maximum atomic E-state index is 5.43. The van der Waals surface area contributed by atoms with Gasteiger partial charge in [-0.2, -0.15) is 0 Å². The zero-order chi connectivity index (χ0) is 12.7. The molecule has 0 aliphatic rings. The summed E-state index contributed by atoms with van der Waals surface area (Å²) in [6, 6.07) is 5.97. The van der Waals surface area contributed by atoms with Crippen molar-refractivity contribution < 1.29 is 14.2 Å². The predicted octanol–water partition coefficient (Wildman–Crippen LogP) is 2.42. The van der Waals surface area contributed by atoms with Crippen LogP contribution < -0.4 is 10.1 Å². The van der Waals surface area contributed by atoms with Crippen LogP contribution in [0.5, 0.6) is 5.75 Å². The molecular formula is C13H21NO3. The van der Waals surface area contributed by atoms with E-state index in [1.807, 2.05) is 32.0 Å². The Bertz CT molecular complexity index is 337. The van der Waals surface area contributed by atoms with Gasteiger partial charge in [0.1, 0.15) is 5.75 Å². The van der Waals surface area contributed by atoms with Gasteiger partial charge < -0.3 is 19.5 Å². The quantitative estimate of drug-likeness (QED) is 0.742. The predicted molar refractivity (Wildman–Crippen MR) is 68.6 cm³/mol. The van der Waals surface area contributed by atoms with Crippen molar-refractivity contribution in [2.24, 2.45) is 0 Å². The van der Waals surface area contributed by atoms with Gasteiger partial charge in [-0.1, -0.05) is 0 Å². The lowest BCUT2D eigenvalue weighted by atomic mass is 10.2. The highest BCUT2D eigenvalue weighted by atomic mass is 16.7. The number of aryl methyl sites for hydroxylation is 1. The smallest absolute Gasteiger partial charge is 0.173 e. The van der Waals surface area contributed by atoms with Crippen molar-refractivity contribution in [2.45, 2.75) is 20.1 Å². The van der Waals surface area contributed by atoms with Crippen molar-refractivity contribution in [2.75, 3.05) is 32.7 Å². The fraction of sp³-hybridized carbons (Fsp3) is 0.538. The van der Waals surface area contributed by atoms with Crippen LogP contribution in [0.25, 0.3) is 0 Å². The number of ether oxygens (including phenoxy) is 3. The van der Waals surface area contributed by atoms with E-state index in [2.05, 4.69) is 5.32 Å². The summed E-state index contributed by atoms with van der Waals surface area (Å²) in [5.41, 5.74) is 2.20. The number of nitrogens with one attached hydrogen (secondary N) is 1. The first kappa shape index (κ1) is 13.8. The van der Waals surface area contributed by atoms with E-state index in [0.717, 1.165) is 17.0 Å². The highest BCUT2D eigenvalue weighted by Crippen LogP contribution is 2.21. The fourth-order valence-electron chi connectivity index (χ4n) is 1.55. The minimum Gasteiger partial charge on any atom is -0.494 e. The van der Waals surface area contributed by atoms with Crippen LogP contribution in [0.4, 0.5) is 5.69 Å². The molecule has 1 aromatic rings. The molecule has 0 bridgehead atoms. The molecule has 96 valence electrons. The molecule has 0 amide bonds. The van der Waals surface area contributed by atoms with E-state index in [1.165, 1.54) is 0 Å². The second-order valence-electron chi connectivity index (χ2n) is 3.69. The molecule has 0 spiro atoms. The molecule has 0 unspecified atom stereocenters. The van der Waals surface area contributed by atoms with Crippen LogP contribution in [0.15, 0.2) is 18.2 Å². The first-order chi connectivity index (χ1) is 8.21. The van der Waals surface area contributed by atoms with Gasteiger partial charge in [0.05, 0.1) is 13.2 Å². The number of benzene rings is 1. The van der Waals surface area contributed by atoms with Gasteiger partial charge in [0.15, 0.2) is 6.29 Å². The van der Waals surface area contributed by atoms with Gasteiger partial charge >= 0.3 is 0 Å². The average molecular weight is 239 g/mol. The molecule has 1 rings (SSSR count). The molecule has 0 heterocycles. The molecule has 0 aliphatic heterocycles. The van der Waals surface area contributed by atoms with Crippen LogP contribution in [0.1, 0.15) is 12.5 Å². The van der Waals surface area contributed by atoms with Gasteiger partial charge in [-0.3, -0.25) is 0 Å². The second kappa shape index (κ2) is 7.14. The average Bonchev–Trinajstić information content (AvgIpc) is 2.33. The maximum absolute atomic E-state index is 5.43. The number of methoxy groups -OCH3 is 2. The van der Waals surface area contributed by atoms with Gasteiger partial charge in [-0.05, 0) is 37.6 Å². The Kier molecular flexibility index (Phi) is 5.80. The zero-order valence-corrected chi connectivity index (χ0v) is 10.9. The standard InChI is InChI=1S/C13H21NO3/c1-5-17-11-6-7-12(10(2)8-11)14-9-13(15-3)16-4/h6-8,13-14H,5,9H2,1-4H3. The Morgan fingerprint density at radius 1 is 1.24 bits per heavy atom. The minimum atomic E-state index is -0.235. The van der Waals surface area contributed by atoms with Crippen molar-refractivity contribution in [1.29, 1.82) is 0 Å². The SMILES string of the molecule is CCOc1ccc(NCC(OC)OC)c(C)c1. The summed E-state index contributed by atoms with van der Waals surface area (Å²) in [4.78, 5) is 0. The number of hydrogen-bond donors (Lipinski definition) is 1. The minimum absolute atomic E-state index is 0.235. The summed E-state index contributed by atoms with van der Waals surface area (Å²) in [6.07, 6.45) is -0.235. The maximum Gasteiger partial charge on any atom is 0.173 e. The van der Waals surface area contributed by atoms with Crippen LogP contribution in [0.2, 0.25) is 0 Å². The van der Waals surface area contributed by atoms with E-state index in [4.69, 9.17) is 14.2 Å². The molecule has 0 aliphatic carbocycles. The van der Waals surface area contributed by atoms with Gasteiger partial charge in [0, 0.05) is 19.9 Å². The Morgan fingerprint density at radius 3 is 2.47 bits per heavy atom.